The summed E-state index contributed by atoms with van der Waals surface area (Å²) < 4.78 is 27.3. The summed E-state index contributed by atoms with van der Waals surface area (Å²) in [7, 11) is -3.51. The lowest BCUT2D eigenvalue weighted by molar-refractivity contribution is 0.432. The lowest BCUT2D eigenvalue weighted by Gasteiger charge is -2.20. The summed E-state index contributed by atoms with van der Waals surface area (Å²) in [5.74, 6) is 0.443. The molecule has 1 saturated carbocycles. The highest BCUT2D eigenvalue weighted by atomic mass is 32.2. The maximum Gasteiger partial charge on any atom is 0.310 e. The molecule has 5 nitrogen and oxygen atoms in total. The zero-order chi connectivity index (χ0) is 13.0. The largest absolute Gasteiger partial charge is 0.360 e. The van der Waals surface area contributed by atoms with Crippen LogP contribution in [0.2, 0.25) is 0 Å². The standard InChI is InChI=1S/C12H18N2O3S/c1-2-18(15,16)17-12-9-13-11(8-14-12)10-6-4-3-5-7-10/h8-10H,2-7H2,1H3. The van der Waals surface area contributed by atoms with Gasteiger partial charge in [-0.25, -0.2) is 4.98 Å². The van der Waals surface area contributed by atoms with Crippen molar-refractivity contribution in [1.29, 1.82) is 0 Å². The van der Waals surface area contributed by atoms with Gasteiger partial charge in [-0.05, 0) is 19.8 Å². The van der Waals surface area contributed by atoms with Gasteiger partial charge in [0.25, 0.3) is 5.88 Å². The molecule has 0 aromatic carbocycles. The van der Waals surface area contributed by atoms with E-state index in [1.165, 1.54) is 32.4 Å². The molecule has 0 amide bonds. The second kappa shape index (κ2) is 5.65. The second-order valence-electron chi connectivity index (χ2n) is 4.54. The van der Waals surface area contributed by atoms with Gasteiger partial charge < -0.3 is 4.18 Å². The molecular formula is C12H18N2O3S. The van der Waals surface area contributed by atoms with Gasteiger partial charge in [0.2, 0.25) is 0 Å². The van der Waals surface area contributed by atoms with Crippen LogP contribution in [-0.4, -0.2) is 24.1 Å². The Morgan fingerprint density at radius 1 is 1.22 bits per heavy atom. The molecule has 1 aromatic heterocycles. The average Bonchev–Trinajstić information content (AvgIpc) is 2.40. The second-order valence-corrected chi connectivity index (χ2v) is 6.40. The van der Waals surface area contributed by atoms with Crippen molar-refractivity contribution < 1.29 is 12.6 Å². The van der Waals surface area contributed by atoms with E-state index < -0.39 is 10.1 Å². The molecule has 0 unspecified atom stereocenters. The molecule has 1 fully saturated rings. The molecule has 0 atom stereocenters. The van der Waals surface area contributed by atoms with Gasteiger partial charge in [0.05, 0.1) is 23.8 Å². The Bertz CT molecular complexity index is 479. The van der Waals surface area contributed by atoms with Crippen molar-refractivity contribution in [2.75, 3.05) is 5.75 Å². The predicted molar refractivity (Wildman–Crippen MR) is 67.9 cm³/mol. The number of nitrogens with zero attached hydrogens (tertiary/aromatic N) is 2. The van der Waals surface area contributed by atoms with Gasteiger partial charge in [-0.3, -0.25) is 4.98 Å². The van der Waals surface area contributed by atoms with Gasteiger partial charge in [-0.15, -0.1) is 0 Å². The van der Waals surface area contributed by atoms with E-state index in [4.69, 9.17) is 4.18 Å². The Morgan fingerprint density at radius 3 is 2.50 bits per heavy atom. The normalized spacial score (nSPS) is 17.6. The van der Waals surface area contributed by atoms with E-state index in [1.807, 2.05) is 0 Å². The number of hydrogen-bond acceptors (Lipinski definition) is 5. The lowest BCUT2D eigenvalue weighted by Crippen LogP contribution is -2.13. The third-order valence-electron chi connectivity index (χ3n) is 3.24. The molecule has 0 N–H and O–H groups in total. The first-order valence-corrected chi connectivity index (χ1v) is 7.92. The minimum Gasteiger partial charge on any atom is -0.360 e. The van der Waals surface area contributed by atoms with Gasteiger partial charge in [0, 0.05) is 5.92 Å². The van der Waals surface area contributed by atoms with Gasteiger partial charge in [-0.1, -0.05) is 19.3 Å². The summed E-state index contributed by atoms with van der Waals surface area (Å²) >= 11 is 0. The quantitative estimate of drug-likeness (QED) is 0.785. The van der Waals surface area contributed by atoms with Crippen LogP contribution in [0, 0.1) is 0 Å². The molecule has 6 heteroatoms. The van der Waals surface area contributed by atoms with E-state index in [2.05, 4.69) is 9.97 Å². The number of rotatable bonds is 4. The molecule has 0 aliphatic heterocycles. The van der Waals surface area contributed by atoms with E-state index in [-0.39, 0.29) is 11.6 Å². The fourth-order valence-corrected chi connectivity index (χ4v) is 2.63. The first kappa shape index (κ1) is 13.3. The zero-order valence-electron chi connectivity index (χ0n) is 10.5. The first-order valence-electron chi connectivity index (χ1n) is 6.35. The van der Waals surface area contributed by atoms with Crippen LogP contribution < -0.4 is 4.18 Å². The van der Waals surface area contributed by atoms with Crippen LogP contribution in [0.3, 0.4) is 0 Å². The highest BCUT2D eigenvalue weighted by molar-refractivity contribution is 7.87. The molecule has 2 rings (SSSR count). The van der Waals surface area contributed by atoms with E-state index in [0.717, 1.165) is 18.5 Å². The van der Waals surface area contributed by atoms with Crippen LogP contribution >= 0.6 is 0 Å². The fraction of sp³-hybridized carbons (Fsp3) is 0.667. The molecule has 100 valence electrons. The molecule has 0 radical (unpaired) electrons. The maximum absolute atomic E-state index is 11.3. The zero-order valence-corrected chi connectivity index (χ0v) is 11.3. The van der Waals surface area contributed by atoms with E-state index in [0.29, 0.717) is 5.92 Å². The molecule has 1 aromatic rings. The first-order chi connectivity index (χ1) is 8.61. The Morgan fingerprint density at radius 2 is 1.94 bits per heavy atom. The van der Waals surface area contributed by atoms with Crippen molar-refractivity contribution in [3.05, 3.63) is 18.1 Å². The Labute approximate surface area is 108 Å². The van der Waals surface area contributed by atoms with Gasteiger partial charge in [0.1, 0.15) is 0 Å². The smallest absolute Gasteiger partial charge is 0.310 e. The summed E-state index contributed by atoms with van der Waals surface area (Å²) in [5, 5.41) is 0. The summed E-state index contributed by atoms with van der Waals surface area (Å²) in [4.78, 5) is 8.29. The van der Waals surface area contributed by atoms with Crippen LogP contribution in [0.25, 0.3) is 0 Å². The molecule has 0 spiro atoms. The molecule has 0 bridgehead atoms. The van der Waals surface area contributed by atoms with Crippen molar-refractivity contribution in [1.82, 2.24) is 9.97 Å². The average molecular weight is 270 g/mol. The van der Waals surface area contributed by atoms with Gasteiger partial charge in [0.15, 0.2) is 0 Å². The molecule has 1 aliphatic carbocycles. The predicted octanol–water partition coefficient (Wildman–Crippen LogP) is 2.25. The highest BCUT2D eigenvalue weighted by Crippen LogP contribution is 2.31. The van der Waals surface area contributed by atoms with Crippen molar-refractivity contribution in [2.24, 2.45) is 0 Å². The van der Waals surface area contributed by atoms with E-state index in [1.54, 1.807) is 6.20 Å². The van der Waals surface area contributed by atoms with Gasteiger partial charge >= 0.3 is 10.1 Å². The summed E-state index contributed by atoms with van der Waals surface area (Å²) in [5.41, 5.74) is 0.941. The Balaban J connectivity index is 2.05. The maximum atomic E-state index is 11.3. The van der Waals surface area contributed by atoms with Crippen molar-refractivity contribution in [3.8, 4) is 5.88 Å². The van der Waals surface area contributed by atoms with E-state index in [9.17, 15) is 8.42 Å². The lowest BCUT2D eigenvalue weighted by atomic mass is 9.87. The minimum absolute atomic E-state index is 0.0522. The Hall–Kier alpha value is -1.17. The van der Waals surface area contributed by atoms with Crippen molar-refractivity contribution in [3.63, 3.8) is 0 Å². The minimum atomic E-state index is -3.51. The van der Waals surface area contributed by atoms with E-state index >= 15 is 0 Å². The monoisotopic (exact) mass is 270 g/mol. The summed E-state index contributed by atoms with van der Waals surface area (Å²) in [6.45, 7) is 1.53. The summed E-state index contributed by atoms with van der Waals surface area (Å²) in [6, 6.07) is 0. The number of hydrogen-bond donors (Lipinski definition) is 0. The van der Waals surface area contributed by atoms with Crippen LogP contribution in [0.15, 0.2) is 12.4 Å². The highest BCUT2D eigenvalue weighted by Gasteiger charge is 2.18. The van der Waals surface area contributed by atoms with Crippen LogP contribution in [0.1, 0.15) is 50.6 Å². The molecule has 1 heterocycles. The third kappa shape index (κ3) is 3.41. The number of aromatic nitrogens is 2. The van der Waals surface area contributed by atoms with Crippen molar-refractivity contribution in [2.45, 2.75) is 44.9 Å². The molecular weight excluding hydrogens is 252 g/mol. The van der Waals surface area contributed by atoms with Crippen molar-refractivity contribution >= 4 is 10.1 Å². The topological polar surface area (TPSA) is 69.2 Å². The third-order valence-corrected chi connectivity index (χ3v) is 4.37. The summed E-state index contributed by atoms with van der Waals surface area (Å²) in [6.07, 6.45) is 9.07. The molecule has 18 heavy (non-hydrogen) atoms. The Kier molecular flexibility index (Phi) is 4.16. The van der Waals surface area contributed by atoms with Gasteiger partial charge in [-0.2, -0.15) is 8.42 Å². The SMILES string of the molecule is CCS(=O)(=O)Oc1cnc(C2CCCCC2)cn1. The fourth-order valence-electron chi connectivity index (χ4n) is 2.17. The van der Waals surface area contributed by atoms with Crippen LogP contribution in [0.4, 0.5) is 0 Å². The molecule has 0 saturated heterocycles. The van der Waals surface area contributed by atoms with Crippen LogP contribution in [0.5, 0.6) is 5.88 Å². The van der Waals surface area contributed by atoms with Crippen LogP contribution in [-0.2, 0) is 10.1 Å². The molecule has 1 aliphatic rings.